The SMILES string of the molecule is Cc1nc2nc(CO)cc(SCC3=C(C(=O)O)N4C(=O)C(NC(=O)C(=NOC(C)(C)C(=O)NNC(=O)c5ccc(O)c(O)c5)c5csc(N)n5)[C@H]4SC3)n2n1. The van der Waals surface area contributed by atoms with Gasteiger partial charge in [-0.3, -0.25) is 34.9 Å². The normalized spacial score (nSPS) is 17.1. The first-order valence-corrected chi connectivity index (χ1v) is 18.8. The van der Waals surface area contributed by atoms with Gasteiger partial charge in [-0.15, -0.1) is 40.0 Å². The molecule has 24 heteroatoms. The number of rotatable bonds is 12. The maximum Gasteiger partial charge on any atom is 0.352 e. The van der Waals surface area contributed by atoms with Crippen molar-refractivity contribution >= 4 is 81.1 Å². The van der Waals surface area contributed by atoms with E-state index in [0.717, 1.165) is 28.4 Å². The summed E-state index contributed by atoms with van der Waals surface area (Å²) in [5.74, 6) is -4.63. The number of hydrogen-bond donors (Lipinski definition) is 8. The number of nitrogens with zero attached hydrogens (tertiary/aromatic N) is 7. The third kappa shape index (κ3) is 7.96. The monoisotopic (exact) mass is 813 g/mol. The number of β-lactam (4-membered cyclic amide) rings is 1. The van der Waals surface area contributed by atoms with Crippen LogP contribution in [0.1, 0.15) is 41.4 Å². The van der Waals surface area contributed by atoms with Gasteiger partial charge in [-0.2, -0.15) is 9.50 Å². The number of oxime groups is 1. The summed E-state index contributed by atoms with van der Waals surface area (Å²) in [6.07, 6.45) is 0. The Hall–Kier alpha value is -5.98. The Kier molecular flexibility index (Phi) is 10.8. The summed E-state index contributed by atoms with van der Waals surface area (Å²) < 4.78 is 1.48. The lowest BCUT2D eigenvalue weighted by atomic mass is 10.0. The minimum Gasteiger partial charge on any atom is -0.504 e. The van der Waals surface area contributed by atoms with E-state index in [1.165, 1.54) is 53.3 Å². The lowest BCUT2D eigenvalue weighted by molar-refractivity contribution is -0.150. The molecule has 0 radical (unpaired) electrons. The highest BCUT2D eigenvalue weighted by Crippen LogP contribution is 2.41. The Balaban J connectivity index is 1.14. The number of amides is 4. The van der Waals surface area contributed by atoms with Crippen molar-refractivity contribution in [2.45, 2.75) is 49.4 Å². The average Bonchev–Trinajstić information content (AvgIpc) is 3.76. The molecule has 0 saturated carbocycles. The quantitative estimate of drug-likeness (QED) is 0.0231. The first kappa shape index (κ1) is 38.7. The van der Waals surface area contributed by atoms with E-state index in [4.69, 9.17) is 10.6 Å². The number of aliphatic hydroxyl groups excluding tert-OH is 1. The number of phenols is 2. The minimum absolute atomic E-state index is 0.0424. The number of nitrogens with one attached hydrogen (secondary N) is 3. The van der Waals surface area contributed by atoms with Crippen molar-refractivity contribution in [1.29, 1.82) is 0 Å². The van der Waals surface area contributed by atoms with Gasteiger partial charge in [-0.25, -0.2) is 14.8 Å². The Labute approximate surface area is 322 Å². The van der Waals surface area contributed by atoms with Crippen LogP contribution in [-0.2, 0) is 30.6 Å². The smallest absolute Gasteiger partial charge is 0.352 e. The molecule has 9 N–H and O–H groups in total. The van der Waals surface area contributed by atoms with Crippen molar-refractivity contribution < 1.29 is 49.2 Å². The number of carboxylic acids is 1. The number of thioether (sulfide) groups is 2. The van der Waals surface area contributed by atoms with Crippen molar-refractivity contribution in [3.63, 3.8) is 0 Å². The molecular formula is C31H31N11O10S3. The van der Waals surface area contributed by atoms with Gasteiger partial charge in [-0.1, -0.05) is 5.16 Å². The van der Waals surface area contributed by atoms with E-state index in [1.54, 1.807) is 13.0 Å². The number of nitrogens with two attached hydrogens (primary N) is 1. The number of phenolic OH excluding ortho intramolecular Hbond substituents is 2. The van der Waals surface area contributed by atoms with E-state index in [-0.39, 0.29) is 46.0 Å². The Morgan fingerprint density at radius 2 is 1.89 bits per heavy atom. The molecule has 6 rings (SSSR count). The van der Waals surface area contributed by atoms with Crippen LogP contribution < -0.4 is 21.9 Å². The molecule has 2 aliphatic rings. The number of carbonyl (C=O) groups excluding carboxylic acids is 4. The molecule has 0 bridgehead atoms. The maximum atomic E-state index is 13.6. The number of fused-ring (bicyclic) bond motifs is 2. The van der Waals surface area contributed by atoms with Crippen LogP contribution in [0.15, 0.2) is 51.1 Å². The van der Waals surface area contributed by atoms with Crippen molar-refractivity contribution in [2.24, 2.45) is 5.16 Å². The topological polar surface area (TPSA) is 309 Å². The molecule has 2 aliphatic heterocycles. The number of carboxylic acid groups (broad SMARTS) is 1. The van der Waals surface area contributed by atoms with E-state index >= 15 is 0 Å². The molecule has 0 aliphatic carbocycles. The van der Waals surface area contributed by atoms with Gasteiger partial charge in [0.15, 0.2) is 22.3 Å². The van der Waals surface area contributed by atoms with E-state index in [0.29, 0.717) is 22.1 Å². The number of aryl methyl sites for hydroxylation is 1. The summed E-state index contributed by atoms with van der Waals surface area (Å²) in [4.78, 5) is 84.1. The number of carbonyl (C=O) groups is 5. The lowest BCUT2D eigenvalue weighted by Crippen LogP contribution is -2.71. The maximum absolute atomic E-state index is 13.6. The fraction of sp³-hybridized carbons (Fsp3) is 0.290. The average molecular weight is 814 g/mol. The van der Waals surface area contributed by atoms with Crippen molar-refractivity contribution in [3.05, 3.63) is 63.7 Å². The largest absolute Gasteiger partial charge is 0.504 e. The highest BCUT2D eigenvalue weighted by atomic mass is 32.2. The van der Waals surface area contributed by atoms with Crippen LogP contribution in [-0.4, -0.2) is 114 Å². The molecule has 4 aromatic rings. The highest BCUT2D eigenvalue weighted by molar-refractivity contribution is 8.01. The van der Waals surface area contributed by atoms with Gasteiger partial charge < -0.3 is 36.3 Å². The number of aliphatic carboxylic acids is 1. The Morgan fingerprint density at radius 1 is 1.13 bits per heavy atom. The predicted molar refractivity (Wildman–Crippen MR) is 195 cm³/mol. The van der Waals surface area contributed by atoms with Crippen molar-refractivity contribution in [1.82, 2.24) is 45.6 Å². The molecule has 55 heavy (non-hydrogen) atoms. The van der Waals surface area contributed by atoms with Gasteiger partial charge in [0.25, 0.3) is 29.4 Å². The van der Waals surface area contributed by atoms with Gasteiger partial charge in [-0.05, 0) is 50.6 Å². The first-order chi connectivity index (χ1) is 26.1. The minimum atomic E-state index is -1.82. The van der Waals surface area contributed by atoms with Gasteiger partial charge in [0.05, 0.1) is 12.3 Å². The van der Waals surface area contributed by atoms with Crippen molar-refractivity contribution in [2.75, 3.05) is 17.2 Å². The number of hydrazine groups is 1. The second-order valence-corrected chi connectivity index (χ2v) is 15.2. The van der Waals surface area contributed by atoms with Crippen LogP contribution in [0.4, 0.5) is 5.13 Å². The number of aromatic nitrogens is 5. The van der Waals surface area contributed by atoms with Crippen LogP contribution in [0.3, 0.4) is 0 Å². The lowest BCUT2D eigenvalue weighted by Gasteiger charge is -2.49. The molecule has 1 unspecified atom stereocenters. The molecule has 4 amide bonds. The number of thiazole rings is 1. The molecule has 1 saturated heterocycles. The standard InChI is InChI=1S/C31H31N11O10S3/c1-12-33-30-34-15(8-43)7-19(42(30)39-12)53-9-14-10-54-26-21(25(48)41(26)22(14)27(49)50)36-24(47)20(16-11-55-29(32)35-16)40-52-31(2,3)28(51)38-37-23(46)13-4-5-17(44)18(45)6-13/h4-7,11,21,26,43-45H,8-10H2,1-3H3,(H2,32,35)(H,36,47)(H,37,46)(H,38,51)(H,49,50)/t21?,26-/m1/s1. The molecule has 1 aromatic carbocycles. The molecule has 3 aromatic heterocycles. The summed E-state index contributed by atoms with van der Waals surface area (Å²) in [7, 11) is 0. The number of aromatic hydroxyl groups is 2. The van der Waals surface area contributed by atoms with E-state index < -0.39 is 63.8 Å². The molecule has 5 heterocycles. The summed E-state index contributed by atoms with van der Waals surface area (Å²) in [5, 5.41) is 51.0. The molecular weight excluding hydrogens is 783 g/mol. The molecule has 1 fully saturated rings. The Bertz CT molecular complexity index is 2310. The van der Waals surface area contributed by atoms with Crippen LogP contribution >= 0.6 is 34.9 Å². The van der Waals surface area contributed by atoms with Crippen LogP contribution in [0, 0.1) is 6.92 Å². The fourth-order valence-electron chi connectivity index (χ4n) is 5.14. The summed E-state index contributed by atoms with van der Waals surface area (Å²) in [5.41, 5.74) is 8.25. The number of benzene rings is 1. The number of anilines is 1. The second-order valence-electron chi connectivity index (χ2n) is 12.2. The first-order valence-electron chi connectivity index (χ1n) is 15.9. The van der Waals surface area contributed by atoms with Gasteiger partial charge in [0.2, 0.25) is 5.60 Å². The number of hydrogen-bond acceptors (Lipinski definition) is 18. The van der Waals surface area contributed by atoms with Crippen LogP contribution in [0.2, 0.25) is 0 Å². The number of aliphatic hydroxyl groups is 1. The van der Waals surface area contributed by atoms with Gasteiger partial charge >= 0.3 is 5.97 Å². The predicted octanol–water partition coefficient (Wildman–Crippen LogP) is -0.134. The van der Waals surface area contributed by atoms with Crippen molar-refractivity contribution in [3.8, 4) is 11.5 Å². The van der Waals surface area contributed by atoms with Crippen LogP contribution in [0.5, 0.6) is 11.5 Å². The van der Waals surface area contributed by atoms with E-state index in [1.807, 2.05) is 0 Å². The second kappa shape index (κ2) is 15.4. The number of nitrogen functional groups attached to an aromatic ring is 1. The molecule has 21 nitrogen and oxygen atoms in total. The van der Waals surface area contributed by atoms with Gasteiger partial charge in [0.1, 0.15) is 33.7 Å². The Morgan fingerprint density at radius 3 is 2.56 bits per heavy atom. The third-order valence-electron chi connectivity index (χ3n) is 7.95. The zero-order valence-corrected chi connectivity index (χ0v) is 31.3. The summed E-state index contributed by atoms with van der Waals surface area (Å²) >= 11 is 3.45. The summed E-state index contributed by atoms with van der Waals surface area (Å²) in [6.45, 7) is 3.91. The van der Waals surface area contributed by atoms with E-state index in [9.17, 15) is 44.4 Å². The zero-order chi connectivity index (χ0) is 39.8. The molecule has 288 valence electrons. The molecule has 0 spiro atoms. The van der Waals surface area contributed by atoms with E-state index in [2.05, 4.69) is 41.4 Å². The van der Waals surface area contributed by atoms with Gasteiger partial charge in [0, 0.05) is 22.4 Å². The highest BCUT2D eigenvalue weighted by Gasteiger charge is 2.54. The summed E-state index contributed by atoms with van der Waals surface area (Å²) in [6, 6.07) is 3.72. The van der Waals surface area contributed by atoms with Crippen LogP contribution in [0.25, 0.3) is 5.78 Å². The fourth-order valence-corrected chi connectivity index (χ4v) is 8.19. The third-order valence-corrected chi connectivity index (χ3v) is 11.0. The zero-order valence-electron chi connectivity index (χ0n) is 28.8. The molecule has 2 atom stereocenters.